The van der Waals surface area contributed by atoms with E-state index in [2.05, 4.69) is 16.9 Å². The highest BCUT2D eigenvalue weighted by Crippen LogP contribution is 2.26. The number of nitrogens with zero attached hydrogens (tertiary/aromatic N) is 2. The zero-order valence-electron chi connectivity index (χ0n) is 8.64. The van der Waals surface area contributed by atoms with Gasteiger partial charge in [-0.1, -0.05) is 6.92 Å². The summed E-state index contributed by atoms with van der Waals surface area (Å²) in [5.74, 6) is 1.66. The first-order valence-electron chi connectivity index (χ1n) is 4.65. The normalized spacial score (nSPS) is 11.3. The van der Waals surface area contributed by atoms with Crippen molar-refractivity contribution in [1.82, 2.24) is 0 Å². The van der Waals surface area contributed by atoms with Gasteiger partial charge >= 0.3 is 0 Å². The van der Waals surface area contributed by atoms with E-state index in [-0.39, 0.29) is 0 Å². The summed E-state index contributed by atoms with van der Waals surface area (Å²) in [5, 5.41) is 0. The van der Waals surface area contributed by atoms with Crippen LogP contribution in [0.2, 0.25) is 0 Å². The molecule has 0 aromatic carbocycles. The summed E-state index contributed by atoms with van der Waals surface area (Å²) >= 11 is 3.54. The Labute approximate surface area is 98.0 Å². The second kappa shape index (κ2) is 11.5. The molecule has 0 fully saturated rings. The highest BCUT2D eigenvalue weighted by atomic mass is 32.2. The molecule has 0 spiro atoms. The molecule has 0 saturated carbocycles. The van der Waals surface area contributed by atoms with Gasteiger partial charge in [0.1, 0.15) is 0 Å². The van der Waals surface area contributed by atoms with Gasteiger partial charge in [-0.3, -0.25) is 0 Å². The lowest BCUT2D eigenvalue weighted by molar-refractivity contribution is 0.562. The van der Waals surface area contributed by atoms with Crippen molar-refractivity contribution in [3.8, 4) is 0 Å². The van der Waals surface area contributed by atoms with Gasteiger partial charge in [-0.25, -0.2) is 19.6 Å². The molecule has 0 heterocycles. The highest BCUT2D eigenvalue weighted by Gasteiger charge is 2.05. The van der Waals surface area contributed by atoms with Crippen LogP contribution in [-0.4, -0.2) is 41.3 Å². The predicted octanol–water partition coefficient (Wildman–Crippen LogP) is 1.86. The summed E-state index contributed by atoms with van der Waals surface area (Å²) in [6.07, 6.45) is 4.08. The van der Waals surface area contributed by atoms with Crippen molar-refractivity contribution < 1.29 is 9.59 Å². The molecule has 0 amide bonds. The number of carbonyl (C=O) groups excluding carboxylic acids is 2. The van der Waals surface area contributed by atoms with Gasteiger partial charge in [0, 0.05) is 11.5 Å². The molecule has 0 aliphatic carbocycles. The van der Waals surface area contributed by atoms with E-state index in [4.69, 9.17) is 0 Å². The molecule has 0 aromatic heterocycles. The van der Waals surface area contributed by atoms with Crippen LogP contribution < -0.4 is 0 Å². The standard InChI is InChI=1S/C9H14N2O2S2/c1-2-9(14-5-3-10-7-12)15-6-4-11-8-13/h9H,2-6H2,1H3. The Morgan fingerprint density at radius 3 is 1.87 bits per heavy atom. The largest absolute Gasteiger partial charge is 0.234 e. The lowest BCUT2D eigenvalue weighted by Crippen LogP contribution is -2.00. The van der Waals surface area contributed by atoms with E-state index >= 15 is 0 Å². The van der Waals surface area contributed by atoms with Crippen LogP contribution in [0.1, 0.15) is 13.3 Å². The van der Waals surface area contributed by atoms with Crippen LogP contribution in [0.4, 0.5) is 0 Å². The van der Waals surface area contributed by atoms with E-state index in [9.17, 15) is 9.59 Å². The van der Waals surface area contributed by atoms with Crippen molar-refractivity contribution in [2.45, 2.75) is 17.9 Å². The number of hydrogen-bond acceptors (Lipinski definition) is 6. The Balaban J connectivity index is 3.53. The number of hydrogen-bond donors (Lipinski definition) is 0. The van der Waals surface area contributed by atoms with Crippen molar-refractivity contribution >= 4 is 35.7 Å². The lowest BCUT2D eigenvalue weighted by Gasteiger charge is -2.11. The van der Waals surface area contributed by atoms with E-state index in [1.807, 2.05) is 0 Å². The van der Waals surface area contributed by atoms with Crippen LogP contribution in [0.25, 0.3) is 0 Å². The minimum Gasteiger partial charge on any atom is -0.211 e. The van der Waals surface area contributed by atoms with Crippen molar-refractivity contribution in [3.63, 3.8) is 0 Å². The van der Waals surface area contributed by atoms with Gasteiger partial charge in [0.25, 0.3) is 0 Å². The minimum atomic E-state index is 0.480. The van der Waals surface area contributed by atoms with Crippen LogP contribution in [0.15, 0.2) is 9.98 Å². The SMILES string of the molecule is CCC(SCCN=C=O)SCCN=C=O. The van der Waals surface area contributed by atoms with Crippen molar-refractivity contribution in [2.24, 2.45) is 9.98 Å². The number of rotatable bonds is 9. The third-order valence-corrected chi connectivity index (χ3v) is 4.54. The Morgan fingerprint density at radius 2 is 1.53 bits per heavy atom. The lowest BCUT2D eigenvalue weighted by atomic mass is 10.6. The van der Waals surface area contributed by atoms with Crippen molar-refractivity contribution in [2.75, 3.05) is 24.6 Å². The molecule has 0 bridgehead atoms. The molecule has 6 heteroatoms. The summed E-state index contributed by atoms with van der Waals surface area (Å²) in [6, 6.07) is 0. The van der Waals surface area contributed by atoms with E-state index in [1.54, 1.807) is 23.5 Å². The highest BCUT2D eigenvalue weighted by molar-refractivity contribution is 8.17. The van der Waals surface area contributed by atoms with Crippen LogP contribution in [0.3, 0.4) is 0 Å². The smallest absolute Gasteiger partial charge is 0.211 e. The maximum Gasteiger partial charge on any atom is 0.234 e. The first kappa shape index (κ1) is 14.5. The molecule has 84 valence electrons. The van der Waals surface area contributed by atoms with Gasteiger partial charge < -0.3 is 0 Å². The first-order chi connectivity index (χ1) is 7.35. The average molecular weight is 246 g/mol. The van der Waals surface area contributed by atoms with Gasteiger partial charge in [0.05, 0.1) is 17.7 Å². The summed E-state index contributed by atoms with van der Waals surface area (Å²) in [7, 11) is 0. The van der Waals surface area contributed by atoms with Crippen LogP contribution >= 0.6 is 23.5 Å². The van der Waals surface area contributed by atoms with Gasteiger partial charge in [-0.05, 0) is 6.42 Å². The van der Waals surface area contributed by atoms with E-state index in [0.717, 1.165) is 17.9 Å². The average Bonchev–Trinajstić information content (AvgIpc) is 2.27. The molecule has 0 aromatic rings. The van der Waals surface area contributed by atoms with Crippen LogP contribution in [0, 0.1) is 0 Å². The first-order valence-corrected chi connectivity index (χ1v) is 6.75. The van der Waals surface area contributed by atoms with Crippen LogP contribution in [-0.2, 0) is 9.59 Å². The number of thioether (sulfide) groups is 2. The molecular formula is C9H14N2O2S2. The molecule has 0 aliphatic rings. The Kier molecular flexibility index (Phi) is 11.1. The second-order valence-corrected chi connectivity index (χ2v) is 5.45. The second-order valence-electron chi connectivity index (χ2n) is 2.53. The molecule has 0 atom stereocenters. The van der Waals surface area contributed by atoms with E-state index in [1.165, 1.54) is 12.2 Å². The monoisotopic (exact) mass is 246 g/mol. The molecule has 0 unspecified atom stereocenters. The zero-order chi connectivity index (χ0) is 11.4. The summed E-state index contributed by atoms with van der Waals surface area (Å²) in [5.41, 5.74) is 0. The molecule has 4 nitrogen and oxygen atoms in total. The Hall–Kier alpha value is -0.540. The van der Waals surface area contributed by atoms with Crippen molar-refractivity contribution in [1.29, 1.82) is 0 Å². The minimum absolute atomic E-state index is 0.480. The van der Waals surface area contributed by atoms with Gasteiger partial charge in [-0.15, -0.1) is 23.5 Å². The number of isocyanates is 2. The molecular weight excluding hydrogens is 232 g/mol. The molecule has 0 saturated heterocycles. The third kappa shape index (κ3) is 9.76. The summed E-state index contributed by atoms with van der Waals surface area (Å²) < 4.78 is 0.480. The summed E-state index contributed by atoms with van der Waals surface area (Å²) in [6.45, 7) is 3.16. The quantitative estimate of drug-likeness (QED) is 0.270. The van der Waals surface area contributed by atoms with Gasteiger partial charge in [-0.2, -0.15) is 0 Å². The fraction of sp³-hybridized carbons (Fsp3) is 0.778. The number of aliphatic imine (C=N–C) groups is 2. The predicted molar refractivity (Wildman–Crippen MR) is 65.0 cm³/mol. The van der Waals surface area contributed by atoms with E-state index < -0.39 is 0 Å². The van der Waals surface area contributed by atoms with Crippen LogP contribution in [0.5, 0.6) is 0 Å². The third-order valence-electron chi connectivity index (χ3n) is 1.48. The molecule has 0 rings (SSSR count). The van der Waals surface area contributed by atoms with E-state index in [0.29, 0.717) is 17.7 Å². The molecule has 0 radical (unpaired) electrons. The van der Waals surface area contributed by atoms with Gasteiger partial charge in [0.2, 0.25) is 12.2 Å². The molecule has 15 heavy (non-hydrogen) atoms. The van der Waals surface area contributed by atoms with Crippen molar-refractivity contribution in [3.05, 3.63) is 0 Å². The fourth-order valence-corrected chi connectivity index (χ4v) is 3.19. The zero-order valence-corrected chi connectivity index (χ0v) is 10.3. The topological polar surface area (TPSA) is 58.9 Å². The Bertz CT molecular complexity index is 224. The maximum absolute atomic E-state index is 9.81. The fourth-order valence-electron chi connectivity index (χ4n) is 0.835. The summed E-state index contributed by atoms with van der Waals surface area (Å²) in [4.78, 5) is 26.6. The van der Waals surface area contributed by atoms with Gasteiger partial charge in [0.15, 0.2) is 0 Å². The molecule has 0 aliphatic heterocycles. The Morgan fingerprint density at radius 1 is 1.07 bits per heavy atom. The molecule has 0 N–H and O–H groups in total. The maximum atomic E-state index is 9.81.